The van der Waals surface area contributed by atoms with E-state index in [0.717, 1.165) is 0 Å². The summed E-state index contributed by atoms with van der Waals surface area (Å²) < 4.78 is 0. The molecule has 0 unspecified atom stereocenters. The monoisotopic (exact) mass is 176 g/mol. The SMILES string of the molecule is CCC(=O)O.NC(=O)CC(N)=O. The van der Waals surface area contributed by atoms with E-state index < -0.39 is 17.8 Å². The molecule has 0 heterocycles. The van der Waals surface area contributed by atoms with E-state index in [0.29, 0.717) is 0 Å². The predicted octanol–water partition coefficient (Wildman–Crippen LogP) is -1.17. The minimum absolute atomic E-state index is 0.222. The molecule has 0 radical (unpaired) electrons. The van der Waals surface area contributed by atoms with E-state index in [4.69, 9.17) is 5.11 Å². The van der Waals surface area contributed by atoms with Crippen LogP contribution in [0.3, 0.4) is 0 Å². The van der Waals surface area contributed by atoms with Crippen molar-refractivity contribution in [1.29, 1.82) is 0 Å². The first-order valence-corrected chi connectivity index (χ1v) is 3.18. The number of nitrogens with two attached hydrogens (primary N) is 2. The van der Waals surface area contributed by atoms with Gasteiger partial charge in [0.1, 0.15) is 6.42 Å². The van der Waals surface area contributed by atoms with Gasteiger partial charge in [0.15, 0.2) is 0 Å². The van der Waals surface area contributed by atoms with E-state index in [1.54, 1.807) is 6.92 Å². The Morgan fingerprint density at radius 1 is 1.17 bits per heavy atom. The molecule has 0 fully saturated rings. The summed E-state index contributed by atoms with van der Waals surface area (Å²) in [5.74, 6) is -2.12. The van der Waals surface area contributed by atoms with Gasteiger partial charge in [-0.25, -0.2) is 0 Å². The quantitative estimate of drug-likeness (QED) is 0.468. The van der Waals surface area contributed by atoms with Crippen molar-refractivity contribution in [2.24, 2.45) is 11.5 Å². The van der Waals surface area contributed by atoms with Crippen molar-refractivity contribution in [2.45, 2.75) is 19.8 Å². The van der Waals surface area contributed by atoms with Crippen molar-refractivity contribution in [2.75, 3.05) is 0 Å². The number of aliphatic carboxylic acids is 1. The minimum atomic E-state index is -0.745. The van der Waals surface area contributed by atoms with Gasteiger partial charge in [0.2, 0.25) is 11.8 Å². The van der Waals surface area contributed by atoms with Gasteiger partial charge in [0, 0.05) is 6.42 Å². The van der Waals surface area contributed by atoms with Crippen LogP contribution in [-0.2, 0) is 14.4 Å². The van der Waals surface area contributed by atoms with Crippen LogP contribution in [0.2, 0.25) is 0 Å². The number of carboxylic acids is 1. The molecular weight excluding hydrogens is 164 g/mol. The molecule has 0 saturated carbocycles. The van der Waals surface area contributed by atoms with Crippen molar-refractivity contribution in [1.82, 2.24) is 0 Å². The summed E-state index contributed by atoms with van der Waals surface area (Å²) in [6.07, 6.45) is -0.139. The number of rotatable bonds is 3. The highest BCUT2D eigenvalue weighted by atomic mass is 16.4. The van der Waals surface area contributed by atoms with Gasteiger partial charge >= 0.3 is 5.97 Å². The Balaban J connectivity index is 0. The summed E-state index contributed by atoms with van der Waals surface area (Å²) in [6, 6.07) is 0. The smallest absolute Gasteiger partial charge is 0.303 e. The maximum Gasteiger partial charge on any atom is 0.303 e. The Morgan fingerprint density at radius 2 is 1.42 bits per heavy atom. The fourth-order valence-electron chi connectivity index (χ4n) is 0.172. The number of carboxylic acid groups (broad SMARTS) is 1. The lowest BCUT2D eigenvalue weighted by atomic mass is 10.4. The maximum atomic E-state index is 9.73. The molecule has 0 aromatic carbocycles. The Kier molecular flexibility index (Phi) is 8.16. The molecule has 0 aliphatic rings. The first-order valence-electron chi connectivity index (χ1n) is 3.18. The number of primary amides is 2. The lowest BCUT2D eigenvalue weighted by Crippen LogP contribution is -2.21. The molecule has 0 rings (SSSR count). The standard InChI is InChI=1S/C3H6N2O2.C3H6O2/c4-2(6)1-3(5)7;1-2-3(4)5/h1H2,(H2,4,6)(H2,5,7);2H2,1H3,(H,4,5). The van der Waals surface area contributed by atoms with E-state index in [1.165, 1.54) is 0 Å². The van der Waals surface area contributed by atoms with Gasteiger partial charge in [-0.15, -0.1) is 0 Å². The molecule has 0 aromatic heterocycles. The Hall–Kier alpha value is -1.59. The van der Waals surface area contributed by atoms with Gasteiger partial charge in [-0.3, -0.25) is 14.4 Å². The Morgan fingerprint density at radius 3 is 1.42 bits per heavy atom. The van der Waals surface area contributed by atoms with E-state index in [1.807, 2.05) is 0 Å². The molecule has 0 atom stereocenters. The van der Waals surface area contributed by atoms with Gasteiger partial charge in [-0.1, -0.05) is 6.92 Å². The highest BCUT2D eigenvalue weighted by Crippen LogP contribution is 1.68. The molecule has 0 saturated heterocycles. The van der Waals surface area contributed by atoms with Crippen LogP contribution in [0.5, 0.6) is 0 Å². The van der Waals surface area contributed by atoms with E-state index in [9.17, 15) is 14.4 Å². The van der Waals surface area contributed by atoms with Crippen LogP contribution in [0.1, 0.15) is 19.8 Å². The molecule has 6 nitrogen and oxygen atoms in total. The highest BCUT2D eigenvalue weighted by molar-refractivity contribution is 5.95. The summed E-state index contributed by atoms with van der Waals surface area (Å²) in [5.41, 5.74) is 9.11. The molecule has 2 amide bonds. The van der Waals surface area contributed by atoms with E-state index in [-0.39, 0.29) is 12.8 Å². The fourth-order valence-corrected chi connectivity index (χ4v) is 0.172. The Bertz CT molecular complexity index is 166. The molecule has 0 aromatic rings. The second-order valence-electron chi connectivity index (χ2n) is 1.86. The average Bonchev–Trinajstić information content (AvgIpc) is 1.85. The van der Waals surface area contributed by atoms with Crippen molar-refractivity contribution < 1.29 is 19.5 Å². The summed E-state index contributed by atoms with van der Waals surface area (Å²) in [5, 5.41) is 7.72. The first kappa shape index (κ1) is 13.0. The Labute approximate surface area is 69.5 Å². The van der Waals surface area contributed by atoms with Crippen molar-refractivity contribution >= 4 is 17.8 Å². The van der Waals surface area contributed by atoms with Crippen LogP contribution >= 0.6 is 0 Å². The molecule has 0 aliphatic heterocycles. The zero-order chi connectivity index (χ0) is 10.1. The van der Waals surface area contributed by atoms with Crippen LogP contribution in [0.15, 0.2) is 0 Å². The van der Waals surface area contributed by atoms with Gasteiger partial charge in [-0.05, 0) is 0 Å². The number of amides is 2. The van der Waals surface area contributed by atoms with Gasteiger partial charge in [-0.2, -0.15) is 0 Å². The summed E-state index contributed by atoms with van der Waals surface area (Å²) in [6.45, 7) is 1.60. The average molecular weight is 176 g/mol. The van der Waals surface area contributed by atoms with Crippen molar-refractivity contribution in [3.05, 3.63) is 0 Å². The maximum absolute atomic E-state index is 9.73. The third kappa shape index (κ3) is 23.7. The molecule has 0 bridgehead atoms. The number of carbonyl (C=O) groups excluding carboxylic acids is 2. The molecule has 12 heavy (non-hydrogen) atoms. The molecule has 0 spiro atoms. The van der Waals surface area contributed by atoms with Crippen LogP contribution in [-0.4, -0.2) is 22.9 Å². The summed E-state index contributed by atoms with van der Waals surface area (Å²) in [7, 11) is 0. The predicted molar refractivity (Wildman–Crippen MR) is 40.9 cm³/mol. The van der Waals surface area contributed by atoms with Crippen LogP contribution in [0, 0.1) is 0 Å². The third-order valence-electron chi connectivity index (χ3n) is 0.651. The van der Waals surface area contributed by atoms with Gasteiger partial charge in [0.05, 0.1) is 0 Å². The van der Waals surface area contributed by atoms with E-state index in [2.05, 4.69) is 11.5 Å². The van der Waals surface area contributed by atoms with Crippen LogP contribution in [0.25, 0.3) is 0 Å². The number of hydrogen-bond acceptors (Lipinski definition) is 3. The topological polar surface area (TPSA) is 123 Å². The number of hydrogen-bond donors (Lipinski definition) is 3. The third-order valence-corrected chi connectivity index (χ3v) is 0.651. The zero-order valence-electron chi connectivity index (χ0n) is 6.74. The largest absolute Gasteiger partial charge is 0.481 e. The molecule has 70 valence electrons. The normalized spacial score (nSPS) is 7.75. The van der Waals surface area contributed by atoms with Crippen LogP contribution < -0.4 is 11.5 Å². The second kappa shape index (κ2) is 7.52. The van der Waals surface area contributed by atoms with Gasteiger partial charge < -0.3 is 16.6 Å². The second-order valence-corrected chi connectivity index (χ2v) is 1.86. The number of carbonyl (C=O) groups is 3. The van der Waals surface area contributed by atoms with Crippen LogP contribution in [0.4, 0.5) is 0 Å². The zero-order valence-corrected chi connectivity index (χ0v) is 6.74. The molecule has 0 aliphatic carbocycles. The van der Waals surface area contributed by atoms with E-state index >= 15 is 0 Å². The minimum Gasteiger partial charge on any atom is -0.481 e. The van der Waals surface area contributed by atoms with Crippen molar-refractivity contribution in [3.8, 4) is 0 Å². The van der Waals surface area contributed by atoms with Crippen molar-refractivity contribution in [3.63, 3.8) is 0 Å². The molecule has 6 heteroatoms. The molecular formula is C6H12N2O4. The lowest BCUT2D eigenvalue weighted by molar-refractivity contribution is -0.136. The fraction of sp³-hybridized carbons (Fsp3) is 0.500. The summed E-state index contributed by atoms with van der Waals surface area (Å²) in [4.78, 5) is 28.8. The lowest BCUT2D eigenvalue weighted by Gasteiger charge is -1.82. The highest BCUT2D eigenvalue weighted by Gasteiger charge is 1.96. The van der Waals surface area contributed by atoms with Gasteiger partial charge in [0.25, 0.3) is 0 Å². The molecule has 5 N–H and O–H groups in total. The summed E-state index contributed by atoms with van der Waals surface area (Å²) >= 11 is 0. The first-order chi connectivity index (χ1) is 5.40.